The summed E-state index contributed by atoms with van der Waals surface area (Å²) in [6.45, 7) is 0. The lowest BCUT2D eigenvalue weighted by Gasteiger charge is -2.04. The molecule has 0 unspecified atom stereocenters. The molecular weight excluding hydrogens is 362 g/mol. The average Bonchev–Trinajstić information content (AvgIpc) is 2.50. The number of thiocyanates is 1. The number of anilines is 1. The predicted molar refractivity (Wildman–Crippen MR) is 93.2 cm³/mol. The Labute approximate surface area is 141 Å². The van der Waals surface area contributed by atoms with Crippen LogP contribution in [0, 0.1) is 10.7 Å². The molecule has 0 aliphatic heterocycles. The van der Waals surface area contributed by atoms with E-state index in [0.29, 0.717) is 5.69 Å². The summed E-state index contributed by atoms with van der Waals surface area (Å²) in [5, 5.41) is 15.9. The second-order valence-corrected chi connectivity index (χ2v) is 5.98. The molecule has 0 fully saturated rings. The van der Waals surface area contributed by atoms with Gasteiger partial charge >= 0.3 is 6.03 Å². The zero-order valence-corrected chi connectivity index (χ0v) is 13.8. The van der Waals surface area contributed by atoms with Gasteiger partial charge in [-0.05, 0) is 59.8 Å². The summed E-state index contributed by atoms with van der Waals surface area (Å²) in [6.07, 6.45) is 3.38. The molecular formula is C16H12BrN3OS. The molecule has 4 nitrogen and oxygen atoms in total. The van der Waals surface area contributed by atoms with Crippen LogP contribution in [0.5, 0.6) is 0 Å². The lowest BCUT2D eigenvalue weighted by atomic mass is 10.2. The van der Waals surface area contributed by atoms with Gasteiger partial charge in [0.25, 0.3) is 0 Å². The van der Waals surface area contributed by atoms with E-state index in [4.69, 9.17) is 5.26 Å². The van der Waals surface area contributed by atoms with E-state index in [9.17, 15) is 4.79 Å². The first kappa shape index (κ1) is 16.1. The molecule has 0 bridgehead atoms. The smallest absolute Gasteiger partial charge is 0.314 e. The van der Waals surface area contributed by atoms with Crippen LogP contribution in [-0.4, -0.2) is 6.03 Å². The highest BCUT2D eigenvalue weighted by molar-refractivity contribution is 9.10. The standard InChI is InChI=1S/C16H12BrN3OS/c17-13-3-1-2-12(10-13)8-9-19-16(21)20-14-4-6-15(7-5-14)22-11-18/h1-10H,(H2,19,20,21)/b9-8+. The van der Waals surface area contributed by atoms with Crippen molar-refractivity contribution in [3.05, 3.63) is 64.8 Å². The summed E-state index contributed by atoms with van der Waals surface area (Å²) in [5.74, 6) is 0. The van der Waals surface area contributed by atoms with Crippen LogP contribution in [0.1, 0.15) is 5.56 Å². The van der Waals surface area contributed by atoms with Crippen molar-refractivity contribution in [3.8, 4) is 5.40 Å². The summed E-state index contributed by atoms with van der Waals surface area (Å²) in [4.78, 5) is 12.6. The summed E-state index contributed by atoms with van der Waals surface area (Å²) in [7, 11) is 0. The fraction of sp³-hybridized carbons (Fsp3) is 0. The number of nitrogens with zero attached hydrogens (tertiary/aromatic N) is 1. The molecule has 0 aliphatic rings. The van der Waals surface area contributed by atoms with Crippen LogP contribution in [0.25, 0.3) is 6.08 Å². The van der Waals surface area contributed by atoms with Gasteiger partial charge in [-0.25, -0.2) is 4.79 Å². The number of thioether (sulfide) groups is 1. The lowest BCUT2D eigenvalue weighted by molar-refractivity contribution is 0.255. The van der Waals surface area contributed by atoms with E-state index in [1.165, 1.54) is 0 Å². The monoisotopic (exact) mass is 373 g/mol. The van der Waals surface area contributed by atoms with E-state index < -0.39 is 0 Å². The Morgan fingerprint density at radius 3 is 2.68 bits per heavy atom. The number of hydrogen-bond donors (Lipinski definition) is 2. The first-order valence-electron chi connectivity index (χ1n) is 6.33. The number of halogens is 1. The van der Waals surface area contributed by atoms with Gasteiger partial charge in [0.2, 0.25) is 0 Å². The molecule has 0 atom stereocenters. The quantitative estimate of drug-likeness (QED) is 0.596. The molecule has 0 aliphatic carbocycles. The number of carbonyl (C=O) groups is 1. The molecule has 110 valence electrons. The molecule has 0 radical (unpaired) electrons. The number of nitrogens with one attached hydrogen (secondary N) is 2. The number of urea groups is 1. The van der Waals surface area contributed by atoms with Crippen LogP contribution >= 0.6 is 27.7 Å². The number of benzene rings is 2. The van der Waals surface area contributed by atoms with Gasteiger partial charge in [-0.3, -0.25) is 0 Å². The predicted octanol–water partition coefficient (Wildman–Crippen LogP) is 4.81. The average molecular weight is 374 g/mol. The van der Waals surface area contributed by atoms with Crippen LogP contribution in [-0.2, 0) is 0 Å². The first-order chi connectivity index (χ1) is 10.7. The Morgan fingerprint density at radius 2 is 2.00 bits per heavy atom. The van der Waals surface area contributed by atoms with Gasteiger partial charge in [-0.15, -0.1) is 0 Å². The molecule has 2 amide bonds. The van der Waals surface area contributed by atoms with Crippen molar-refractivity contribution in [2.24, 2.45) is 0 Å². The SMILES string of the molecule is N#CSc1ccc(NC(=O)N/C=C/c2cccc(Br)c2)cc1. The van der Waals surface area contributed by atoms with E-state index in [1.807, 2.05) is 29.7 Å². The maximum atomic E-state index is 11.7. The number of hydrogen-bond acceptors (Lipinski definition) is 3. The van der Waals surface area contributed by atoms with Crippen molar-refractivity contribution >= 4 is 45.5 Å². The van der Waals surface area contributed by atoms with E-state index >= 15 is 0 Å². The molecule has 22 heavy (non-hydrogen) atoms. The molecule has 0 spiro atoms. The summed E-state index contributed by atoms with van der Waals surface area (Å²) >= 11 is 4.47. The Hall–Kier alpha value is -2.23. The summed E-state index contributed by atoms with van der Waals surface area (Å²) in [6, 6.07) is 14.5. The Bertz CT molecular complexity index is 723. The largest absolute Gasteiger partial charge is 0.323 e. The molecule has 0 aromatic heterocycles. The zero-order valence-electron chi connectivity index (χ0n) is 11.4. The second kappa shape index (κ2) is 8.27. The van der Waals surface area contributed by atoms with Crippen LogP contribution in [0.4, 0.5) is 10.5 Å². The van der Waals surface area contributed by atoms with Crippen LogP contribution in [0.3, 0.4) is 0 Å². The van der Waals surface area contributed by atoms with Crippen molar-refractivity contribution in [3.63, 3.8) is 0 Å². The molecule has 2 rings (SSSR count). The van der Waals surface area contributed by atoms with E-state index in [-0.39, 0.29) is 6.03 Å². The third kappa shape index (κ3) is 5.28. The van der Waals surface area contributed by atoms with Gasteiger partial charge < -0.3 is 10.6 Å². The van der Waals surface area contributed by atoms with Gasteiger partial charge in [-0.1, -0.05) is 28.1 Å². The van der Waals surface area contributed by atoms with Crippen LogP contribution in [0.15, 0.2) is 64.1 Å². The van der Waals surface area contributed by atoms with E-state index in [0.717, 1.165) is 26.7 Å². The maximum absolute atomic E-state index is 11.7. The van der Waals surface area contributed by atoms with Crippen molar-refractivity contribution in [1.82, 2.24) is 5.32 Å². The second-order valence-electron chi connectivity index (χ2n) is 4.20. The van der Waals surface area contributed by atoms with Gasteiger partial charge in [0.15, 0.2) is 0 Å². The highest BCUT2D eigenvalue weighted by Gasteiger charge is 1.99. The molecule has 2 N–H and O–H groups in total. The van der Waals surface area contributed by atoms with Crippen LogP contribution in [0.2, 0.25) is 0 Å². The third-order valence-electron chi connectivity index (χ3n) is 2.61. The number of amides is 2. The van der Waals surface area contributed by atoms with E-state index in [2.05, 4.69) is 26.6 Å². The topological polar surface area (TPSA) is 64.9 Å². The van der Waals surface area contributed by atoms with Crippen molar-refractivity contribution in [2.75, 3.05) is 5.32 Å². The minimum atomic E-state index is -0.327. The normalized spacial score (nSPS) is 10.2. The van der Waals surface area contributed by atoms with Gasteiger partial charge in [0.1, 0.15) is 5.40 Å². The van der Waals surface area contributed by atoms with Gasteiger partial charge in [0, 0.05) is 21.3 Å². The molecule has 6 heteroatoms. The van der Waals surface area contributed by atoms with Gasteiger partial charge in [0.05, 0.1) is 0 Å². The fourth-order valence-electron chi connectivity index (χ4n) is 1.65. The highest BCUT2D eigenvalue weighted by atomic mass is 79.9. The maximum Gasteiger partial charge on any atom is 0.323 e. The Kier molecular flexibility index (Phi) is 6.07. The number of nitriles is 1. The minimum absolute atomic E-state index is 0.327. The third-order valence-corrected chi connectivity index (χ3v) is 3.71. The molecule has 0 saturated heterocycles. The Balaban J connectivity index is 1.86. The summed E-state index contributed by atoms with van der Waals surface area (Å²) in [5.41, 5.74) is 1.64. The van der Waals surface area contributed by atoms with Crippen molar-refractivity contribution < 1.29 is 4.79 Å². The minimum Gasteiger partial charge on any atom is -0.314 e. The number of rotatable bonds is 4. The van der Waals surface area contributed by atoms with Crippen LogP contribution < -0.4 is 10.6 Å². The van der Waals surface area contributed by atoms with Crippen molar-refractivity contribution in [2.45, 2.75) is 4.90 Å². The fourth-order valence-corrected chi connectivity index (χ4v) is 2.44. The Morgan fingerprint density at radius 1 is 1.23 bits per heavy atom. The number of carbonyl (C=O) groups excluding carboxylic acids is 1. The lowest BCUT2D eigenvalue weighted by Crippen LogP contribution is -2.23. The molecule has 2 aromatic carbocycles. The molecule has 0 saturated carbocycles. The van der Waals surface area contributed by atoms with Crippen molar-refractivity contribution in [1.29, 1.82) is 5.26 Å². The highest BCUT2D eigenvalue weighted by Crippen LogP contribution is 2.18. The molecule has 2 aromatic rings. The van der Waals surface area contributed by atoms with E-state index in [1.54, 1.807) is 36.5 Å². The molecule has 0 heterocycles. The zero-order chi connectivity index (χ0) is 15.8. The van der Waals surface area contributed by atoms with Gasteiger partial charge in [-0.2, -0.15) is 5.26 Å². The summed E-state index contributed by atoms with van der Waals surface area (Å²) < 4.78 is 0.981. The first-order valence-corrected chi connectivity index (χ1v) is 7.94.